The predicted octanol–water partition coefficient (Wildman–Crippen LogP) is 2.56. The van der Waals surface area contributed by atoms with Crippen LogP contribution in [0.5, 0.6) is 0 Å². The molecule has 0 unspecified atom stereocenters. The Morgan fingerprint density at radius 1 is 1.21 bits per heavy atom. The molecule has 0 spiro atoms. The first-order chi connectivity index (χ1) is 11.6. The lowest BCUT2D eigenvalue weighted by atomic mass is 10.3. The number of nitrogens with zero attached hydrogens (tertiary/aromatic N) is 2. The fourth-order valence-electron chi connectivity index (χ4n) is 2.45. The molecule has 124 valence electrons. The minimum atomic E-state index is -0.150. The Hall–Kier alpha value is -2.80. The van der Waals surface area contributed by atoms with Gasteiger partial charge in [0.05, 0.1) is 24.2 Å². The number of hydrogen-bond acceptors (Lipinski definition) is 3. The summed E-state index contributed by atoms with van der Waals surface area (Å²) in [4.78, 5) is 12.8. The van der Waals surface area contributed by atoms with Crippen LogP contribution in [0.1, 0.15) is 11.5 Å². The first-order valence-corrected chi connectivity index (χ1v) is 7.90. The van der Waals surface area contributed by atoms with Gasteiger partial charge in [0.2, 0.25) is 0 Å². The predicted molar refractivity (Wildman–Crippen MR) is 97.5 cm³/mol. The second-order valence-electron chi connectivity index (χ2n) is 5.32. The molecule has 6 nitrogen and oxygen atoms in total. The maximum Gasteiger partial charge on any atom is 0.295 e. The van der Waals surface area contributed by atoms with E-state index >= 15 is 0 Å². The lowest BCUT2D eigenvalue weighted by Gasteiger charge is -2.08. The van der Waals surface area contributed by atoms with Gasteiger partial charge in [-0.1, -0.05) is 18.2 Å². The van der Waals surface area contributed by atoms with Gasteiger partial charge in [-0.25, -0.2) is 4.68 Å². The van der Waals surface area contributed by atoms with Crippen molar-refractivity contribution in [2.24, 2.45) is 7.05 Å². The van der Waals surface area contributed by atoms with E-state index in [9.17, 15) is 4.79 Å². The third kappa shape index (κ3) is 3.11. The molecule has 0 aliphatic heterocycles. The normalized spacial score (nSPS) is 10.6. The molecule has 0 saturated carbocycles. The fraction of sp³-hybridized carbons (Fsp3) is 0.176. The van der Waals surface area contributed by atoms with Crippen molar-refractivity contribution in [3.8, 4) is 5.69 Å². The van der Waals surface area contributed by atoms with E-state index in [4.69, 9.17) is 16.6 Å². The summed E-state index contributed by atoms with van der Waals surface area (Å²) in [5, 5.41) is 6.39. The second-order valence-corrected chi connectivity index (χ2v) is 5.73. The number of benzene rings is 1. The van der Waals surface area contributed by atoms with E-state index in [0.29, 0.717) is 17.3 Å². The maximum absolute atomic E-state index is 12.8. The van der Waals surface area contributed by atoms with Gasteiger partial charge in [-0.2, -0.15) is 0 Å². The highest BCUT2D eigenvalue weighted by molar-refractivity contribution is 7.80. The lowest BCUT2D eigenvalue weighted by Crippen LogP contribution is -2.30. The summed E-state index contributed by atoms with van der Waals surface area (Å²) < 4.78 is 8.65. The van der Waals surface area contributed by atoms with Gasteiger partial charge in [-0.15, -0.1) is 0 Å². The largest absolute Gasteiger partial charge is 0.467 e. The molecule has 7 heteroatoms. The van der Waals surface area contributed by atoms with Crippen LogP contribution in [0.25, 0.3) is 5.69 Å². The SMILES string of the molecule is Cc1c(NC(=S)NCc2ccco2)c(=O)n(-c2ccccc2)n1C. The van der Waals surface area contributed by atoms with Gasteiger partial charge in [0, 0.05) is 7.05 Å². The van der Waals surface area contributed by atoms with E-state index in [1.165, 1.54) is 0 Å². The molecule has 3 rings (SSSR count). The summed E-state index contributed by atoms with van der Waals surface area (Å²) >= 11 is 5.28. The lowest BCUT2D eigenvalue weighted by molar-refractivity contribution is 0.503. The molecular formula is C17H18N4O2S. The Balaban J connectivity index is 1.81. The molecule has 0 amide bonds. The van der Waals surface area contributed by atoms with Crippen LogP contribution in [0, 0.1) is 6.92 Å². The Bertz CT molecular complexity index is 895. The third-order valence-electron chi connectivity index (χ3n) is 3.80. The smallest absolute Gasteiger partial charge is 0.295 e. The summed E-state index contributed by atoms with van der Waals surface area (Å²) in [5.41, 5.74) is 1.91. The molecule has 2 N–H and O–H groups in total. The highest BCUT2D eigenvalue weighted by atomic mass is 32.1. The van der Waals surface area contributed by atoms with E-state index in [1.54, 1.807) is 15.6 Å². The van der Waals surface area contributed by atoms with Crippen LogP contribution in [0.4, 0.5) is 5.69 Å². The number of aromatic nitrogens is 2. The van der Waals surface area contributed by atoms with Gasteiger partial charge in [0.25, 0.3) is 5.56 Å². The van der Waals surface area contributed by atoms with Crippen LogP contribution in [-0.4, -0.2) is 14.5 Å². The van der Waals surface area contributed by atoms with Crippen molar-refractivity contribution >= 4 is 23.0 Å². The molecule has 3 aromatic rings. The highest BCUT2D eigenvalue weighted by Gasteiger charge is 2.16. The molecule has 2 heterocycles. The van der Waals surface area contributed by atoms with Crippen LogP contribution in [0.3, 0.4) is 0 Å². The summed E-state index contributed by atoms with van der Waals surface area (Å²) in [6, 6.07) is 13.1. The summed E-state index contributed by atoms with van der Waals surface area (Å²) in [6.45, 7) is 2.33. The molecule has 0 fully saturated rings. The topological polar surface area (TPSA) is 64.1 Å². The molecule has 24 heavy (non-hydrogen) atoms. The van der Waals surface area contributed by atoms with Crippen molar-refractivity contribution in [2.75, 3.05) is 5.32 Å². The van der Waals surface area contributed by atoms with Crippen LogP contribution < -0.4 is 16.2 Å². The monoisotopic (exact) mass is 342 g/mol. The van der Waals surface area contributed by atoms with Crippen molar-refractivity contribution in [3.05, 3.63) is 70.5 Å². The molecule has 0 radical (unpaired) electrons. The van der Waals surface area contributed by atoms with Crippen molar-refractivity contribution in [1.82, 2.24) is 14.7 Å². The van der Waals surface area contributed by atoms with Gasteiger partial charge >= 0.3 is 0 Å². The first kappa shape index (κ1) is 16.1. The average molecular weight is 342 g/mol. The Morgan fingerprint density at radius 3 is 2.62 bits per heavy atom. The minimum absolute atomic E-state index is 0.150. The molecule has 1 aromatic carbocycles. The van der Waals surface area contributed by atoms with Gasteiger partial charge < -0.3 is 15.1 Å². The second kappa shape index (κ2) is 6.76. The van der Waals surface area contributed by atoms with Crippen molar-refractivity contribution < 1.29 is 4.42 Å². The van der Waals surface area contributed by atoms with E-state index in [0.717, 1.165) is 17.1 Å². The Kier molecular flexibility index (Phi) is 4.52. The summed E-state index contributed by atoms with van der Waals surface area (Å²) in [5.74, 6) is 0.769. The highest BCUT2D eigenvalue weighted by Crippen LogP contribution is 2.13. The Labute approximate surface area is 144 Å². The standard InChI is InChI=1S/C17H18N4O2S/c1-12-15(19-17(24)18-11-14-9-6-10-23-14)16(22)21(20(12)2)13-7-4-3-5-8-13/h3-10H,11H2,1-2H3,(H2,18,19,24). The first-order valence-electron chi connectivity index (χ1n) is 7.49. The molecule has 0 atom stereocenters. The zero-order valence-corrected chi connectivity index (χ0v) is 14.3. The zero-order chi connectivity index (χ0) is 17.1. The van der Waals surface area contributed by atoms with Crippen molar-refractivity contribution in [1.29, 1.82) is 0 Å². The van der Waals surface area contributed by atoms with Crippen LogP contribution in [-0.2, 0) is 13.6 Å². The van der Waals surface area contributed by atoms with Gasteiger partial charge in [0.1, 0.15) is 11.4 Å². The van der Waals surface area contributed by atoms with E-state index in [-0.39, 0.29) is 5.56 Å². The van der Waals surface area contributed by atoms with E-state index in [2.05, 4.69) is 10.6 Å². The molecule has 0 aliphatic carbocycles. The Morgan fingerprint density at radius 2 is 1.96 bits per heavy atom. The van der Waals surface area contributed by atoms with Gasteiger partial charge in [-0.3, -0.25) is 9.48 Å². The number of nitrogens with one attached hydrogen (secondary N) is 2. The molecule has 0 aliphatic rings. The number of anilines is 1. The molecule has 2 aromatic heterocycles. The summed E-state index contributed by atoms with van der Waals surface area (Å²) in [6.07, 6.45) is 1.60. The van der Waals surface area contributed by atoms with Crippen molar-refractivity contribution in [3.63, 3.8) is 0 Å². The summed E-state index contributed by atoms with van der Waals surface area (Å²) in [7, 11) is 1.84. The van der Waals surface area contributed by atoms with Crippen LogP contribution >= 0.6 is 12.2 Å². The molecular weight excluding hydrogens is 324 g/mol. The van der Waals surface area contributed by atoms with Gasteiger partial charge in [-0.05, 0) is 43.4 Å². The van der Waals surface area contributed by atoms with E-state index in [1.807, 2.05) is 56.4 Å². The molecule has 0 bridgehead atoms. The van der Waals surface area contributed by atoms with Crippen LogP contribution in [0.15, 0.2) is 57.9 Å². The number of furan rings is 1. The number of thiocarbonyl (C=S) groups is 1. The maximum atomic E-state index is 12.8. The fourth-order valence-corrected chi connectivity index (χ4v) is 2.62. The third-order valence-corrected chi connectivity index (χ3v) is 4.04. The number of rotatable bonds is 4. The quantitative estimate of drug-likeness (QED) is 0.714. The van der Waals surface area contributed by atoms with E-state index < -0.39 is 0 Å². The zero-order valence-electron chi connectivity index (χ0n) is 13.4. The van der Waals surface area contributed by atoms with Crippen molar-refractivity contribution in [2.45, 2.75) is 13.5 Å². The average Bonchev–Trinajstić information content (AvgIpc) is 3.17. The van der Waals surface area contributed by atoms with Crippen LogP contribution in [0.2, 0.25) is 0 Å². The number of hydrogen-bond donors (Lipinski definition) is 2. The van der Waals surface area contributed by atoms with Gasteiger partial charge in [0.15, 0.2) is 5.11 Å². The minimum Gasteiger partial charge on any atom is -0.467 e. The molecule has 0 saturated heterocycles. The number of para-hydroxylation sites is 1.